The van der Waals surface area contributed by atoms with E-state index >= 15 is 0 Å². The lowest BCUT2D eigenvalue weighted by Crippen LogP contribution is -2.27. The third-order valence-electron chi connectivity index (χ3n) is 2.67. The van der Waals surface area contributed by atoms with Crippen LogP contribution in [0.4, 0.5) is 11.6 Å². The third kappa shape index (κ3) is 2.01. The Hall–Kier alpha value is -1.78. The highest BCUT2D eigenvalue weighted by atomic mass is 16.1. The normalized spacial score (nSPS) is 20.5. The van der Waals surface area contributed by atoms with E-state index in [1.807, 2.05) is 17.0 Å². The van der Waals surface area contributed by atoms with Crippen LogP contribution in [-0.2, 0) is 4.79 Å². The van der Waals surface area contributed by atoms with Crippen molar-refractivity contribution in [2.24, 2.45) is 11.7 Å². The molecule has 1 atom stereocenters. The number of carbonyl (C=O) groups is 1. The van der Waals surface area contributed by atoms with Gasteiger partial charge in [-0.15, -0.1) is 0 Å². The standard InChI is InChI=1S/C10H14N4O/c11-8-2-1-3-9(13-8)14-5-4-7(6-14)10(12)15/h1-3,7H,4-6H2,(H2,11,13)(H2,12,15). The molecule has 2 heterocycles. The van der Waals surface area contributed by atoms with Gasteiger partial charge < -0.3 is 16.4 Å². The van der Waals surface area contributed by atoms with Gasteiger partial charge in [-0.3, -0.25) is 4.79 Å². The van der Waals surface area contributed by atoms with Gasteiger partial charge in [-0.05, 0) is 18.6 Å². The molecule has 0 bridgehead atoms. The summed E-state index contributed by atoms with van der Waals surface area (Å²) in [6, 6.07) is 5.49. The number of carbonyl (C=O) groups excluding carboxylic acids is 1. The lowest BCUT2D eigenvalue weighted by molar-refractivity contribution is -0.121. The minimum atomic E-state index is -0.235. The van der Waals surface area contributed by atoms with Gasteiger partial charge in [0.05, 0.1) is 5.92 Å². The molecule has 1 aromatic rings. The quantitative estimate of drug-likeness (QED) is 0.711. The van der Waals surface area contributed by atoms with E-state index < -0.39 is 0 Å². The number of nitrogen functional groups attached to an aromatic ring is 1. The molecule has 2 rings (SSSR count). The summed E-state index contributed by atoms with van der Waals surface area (Å²) >= 11 is 0. The lowest BCUT2D eigenvalue weighted by Gasteiger charge is -2.16. The molecule has 1 fully saturated rings. The molecule has 4 N–H and O–H groups in total. The first kappa shape index (κ1) is 9.76. The second-order valence-electron chi connectivity index (χ2n) is 3.75. The van der Waals surface area contributed by atoms with Gasteiger partial charge in [0.15, 0.2) is 0 Å². The highest BCUT2D eigenvalue weighted by Gasteiger charge is 2.27. The highest BCUT2D eigenvalue weighted by molar-refractivity contribution is 5.78. The lowest BCUT2D eigenvalue weighted by atomic mass is 10.1. The first-order chi connectivity index (χ1) is 7.16. The van der Waals surface area contributed by atoms with E-state index in [4.69, 9.17) is 11.5 Å². The summed E-state index contributed by atoms with van der Waals surface area (Å²) in [4.78, 5) is 17.2. The Morgan fingerprint density at radius 3 is 2.93 bits per heavy atom. The smallest absolute Gasteiger partial charge is 0.222 e. The summed E-state index contributed by atoms with van der Waals surface area (Å²) in [7, 11) is 0. The maximum absolute atomic E-state index is 11.0. The summed E-state index contributed by atoms with van der Waals surface area (Å²) in [6.45, 7) is 1.45. The molecule has 1 aromatic heterocycles. The first-order valence-electron chi connectivity index (χ1n) is 4.93. The SMILES string of the molecule is NC(=O)C1CCN(c2cccc(N)n2)C1. The largest absolute Gasteiger partial charge is 0.384 e. The molecular formula is C10H14N4O. The van der Waals surface area contributed by atoms with Crippen molar-refractivity contribution in [1.29, 1.82) is 0 Å². The Labute approximate surface area is 88.1 Å². The molecule has 0 saturated carbocycles. The van der Waals surface area contributed by atoms with Crippen molar-refractivity contribution in [3.8, 4) is 0 Å². The predicted molar refractivity (Wildman–Crippen MR) is 58.2 cm³/mol. The average Bonchev–Trinajstić information content (AvgIpc) is 2.66. The fourth-order valence-corrected chi connectivity index (χ4v) is 1.82. The van der Waals surface area contributed by atoms with Crippen molar-refractivity contribution in [3.05, 3.63) is 18.2 Å². The third-order valence-corrected chi connectivity index (χ3v) is 2.67. The van der Waals surface area contributed by atoms with Gasteiger partial charge in [0, 0.05) is 13.1 Å². The van der Waals surface area contributed by atoms with Gasteiger partial charge in [0.25, 0.3) is 0 Å². The maximum Gasteiger partial charge on any atom is 0.222 e. The number of anilines is 2. The van der Waals surface area contributed by atoms with Crippen LogP contribution < -0.4 is 16.4 Å². The van der Waals surface area contributed by atoms with Crippen molar-refractivity contribution >= 4 is 17.5 Å². The number of hydrogen-bond acceptors (Lipinski definition) is 4. The number of aromatic nitrogens is 1. The number of amides is 1. The molecule has 1 aliphatic heterocycles. The molecule has 1 unspecified atom stereocenters. The van der Waals surface area contributed by atoms with Gasteiger partial charge in [-0.2, -0.15) is 0 Å². The van der Waals surface area contributed by atoms with Crippen LogP contribution in [0.25, 0.3) is 0 Å². The van der Waals surface area contributed by atoms with E-state index in [-0.39, 0.29) is 11.8 Å². The number of nitrogens with zero attached hydrogens (tertiary/aromatic N) is 2. The van der Waals surface area contributed by atoms with Crippen LogP contribution in [-0.4, -0.2) is 24.0 Å². The van der Waals surface area contributed by atoms with Crippen molar-refractivity contribution in [2.75, 3.05) is 23.7 Å². The second-order valence-corrected chi connectivity index (χ2v) is 3.75. The second kappa shape index (κ2) is 3.76. The highest BCUT2D eigenvalue weighted by Crippen LogP contribution is 2.22. The number of pyridine rings is 1. The zero-order chi connectivity index (χ0) is 10.8. The van der Waals surface area contributed by atoms with E-state index in [2.05, 4.69) is 4.98 Å². The summed E-state index contributed by atoms with van der Waals surface area (Å²) in [5.74, 6) is 1.02. The molecule has 0 aromatic carbocycles. The Bertz CT molecular complexity index is 379. The van der Waals surface area contributed by atoms with Gasteiger partial charge in [0.2, 0.25) is 5.91 Å². The van der Waals surface area contributed by atoms with Gasteiger partial charge in [0.1, 0.15) is 11.6 Å². The maximum atomic E-state index is 11.0. The average molecular weight is 206 g/mol. The summed E-state index contributed by atoms with van der Waals surface area (Å²) in [5, 5.41) is 0. The molecule has 0 aliphatic carbocycles. The Balaban J connectivity index is 2.11. The zero-order valence-corrected chi connectivity index (χ0v) is 8.39. The summed E-state index contributed by atoms with van der Waals surface area (Å²) in [5.41, 5.74) is 10.8. The van der Waals surface area contributed by atoms with Crippen LogP contribution in [0.15, 0.2) is 18.2 Å². The molecular weight excluding hydrogens is 192 g/mol. The molecule has 0 spiro atoms. The number of rotatable bonds is 2. The van der Waals surface area contributed by atoms with Crippen molar-refractivity contribution in [3.63, 3.8) is 0 Å². The molecule has 5 nitrogen and oxygen atoms in total. The number of hydrogen-bond donors (Lipinski definition) is 2. The summed E-state index contributed by atoms with van der Waals surface area (Å²) in [6.07, 6.45) is 0.797. The molecule has 1 saturated heterocycles. The van der Waals surface area contributed by atoms with E-state index in [1.165, 1.54) is 0 Å². The molecule has 5 heteroatoms. The Morgan fingerprint density at radius 1 is 1.53 bits per heavy atom. The number of nitrogens with two attached hydrogens (primary N) is 2. The van der Waals surface area contributed by atoms with Crippen molar-refractivity contribution in [1.82, 2.24) is 4.98 Å². The predicted octanol–water partition coefficient (Wildman–Crippen LogP) is -0.0246. The Kier molecular flexibility index (Phi) is 2.45. The van der Waals surface area contributed by atoms with E-state index in [0.717, 1.165) is 18.8 Å². The summed E-state index contributed by atoms with van der Waals surface area (Å²) < 4.78 is 0. The molecule has 15 heavy (non-hydrogen) atoms. The topological polar surface area (TPSA) is 85.2 Å². The van der Waals surface area contributed by atoms with Crippen LogP contribution in [0.3, 0.4) is 0 Å². The van der Waals surface area contributed by atoms with Crippen LogP contribution in [0, 0.1) is 5.92 Å². The monoisotopic (exact) mass is 206 g/mol. The minimum absolute atomic E-state index is 0.0618. The van der Waals surface area contributed by atoms with Gasteiger partial charge >= 0.3 is 0 Å². The minimum Gasteiger partial charge on any atom is -0.384 e. The fourth-order valence-electron chi connectivity index (χ4n) is 1.82. The van der Waals surface area contributed by atoms with Crippen LogP contribution in [0.5, 0.6) is 0 Å². The van der Waals surface area contributed by atoms with Crippen LogP contribution >= 0.6 is 0 Å². The molecule has 1 amide bonds. The van der Waals surface area contributed by atoms with Crippen molar-refractivity contribution < 1.29 is 4.79 Å². The molecule has 0 radical (unpaired) electrons. The first-order valence-corrected chi connectivity index (χ1v) is 4.93. The van der Waals surface area contributed by atoms with Crippen LogP contribution in [0.1, 0.15) is 6.42 Å². The van der Waals surface area contributed by atoms with Crippen LogP contribution in [0.2, 0.25) is 0 Å². The van der Waals surface area contributed by atoms with Crippen molar-refractivity contribution in [2.45, 2.75) is 6.42 Å². The van der Waals surface area contributed by atoms with E-state index in [9.17, 15) is 4.79 Å². The van der Waals surface area contributed by atoms with E-state index in [0.29, 0.717) is 12.4 Å². The van der Waals surface area contributed by atoms with E-state index in [1.54, 1.807) is 6.07 Å². The molecule has 1 aliphatic rings. The van der Waals surface area contributed by atoms with Gasteiger partial charge in [-0.25, -0.2) is 4.98 Å². The fraction of sp³-hybridized carbons (Fsp3) is 0.400. The molecule has 80 valence electrons. The zero-order valence-electron chi connectivity index (χ0n) is 8.39. The Morgan fingerprint density at radius 2 is 2.33 bits per heavy atom. The van der Waals surface area contributed by atoms with Gasteiger partial charge in [-0.1, -0.05) is 6.07 Å². The number of primary amides is 1.